The molecule has 2 rings (SSSR count). The molecule has 0 bridgehead atoms. The molecule has 0 amide bonds. The van der Waals surface area contributed by atoms with E-state index in [-0.39, 0.29) is 6.61 Å². The predicted molar refractivity (Wildman–Crippen MR) is 62.6 cm³/mol. The molecule has 98 valence electrons. The molecule has 2 N–H and O–H groups in total. The number of nitrogens with zero attached hydrogens (tertiary/aromatic N) is 2. The summed E-state index contributed by atoms with van der Waals surface area (Å²) in [6.45, 7) is -0.454. The van der Waals surface area contributed by atoms with Gasteiger partial charge < -0.3 is 15.0 Å². The zero-order valence-electron chi connectivity index (χ0n) is 9.31. The first-order valence-electron chi connectivity index (χ1n) is 5.18. The normalized spacial score (nSPS) is 11.3. The van der Waals surface area contributed by atoms with E-state index >= 15 is 0 Å². The summed E-state index contributed by atoms with van der Waals surface area (Å²) in [5, 5.41) is 6.14. The first-order chi connectivity index (χ1) is 8.66. The van der Waals surface area contributed by atoms with Crippen LogP contribution in [0.5, 0.6) is 0 Å². The lowest BCUT2D eigenvalue weighted by molar-refractivity contribution is 0.0182. The maximum Gasteiger partial charge on any atom is 0.261 e. The lowest BCUT2D eigenvalue weighted by atomic mass is 10.3. The largest absolute Gasteiger partial charge is 0.390 e. The van der Waals surface area contributed by atoms with Gasteiger partial charge in [0.2, 0.25) is 0 Å². The Morgan fingerprint density at radius 2 is 2.33 bits per heavy atom. The third kappa shape index (κ3) is 3.23. The molecule has 0 unspecified atom stereocenters. The first kappa shape index (κ1) is 12.9. The second-order valence-electron chi connectivity index (χ2n) is 3.43. The Morgan fingerprint density at radius 1 is 1.50 bits per heavy atom. The van der Waals surface area contributed by atoms with Crippen molar-refractivity contribution in [3.63, 3.8) is 0 Å². The van der Waals surface area contributed by atoms with Crippen molar-refractivity contribution in [2.45, 2.75) is 12.8 Å². The van der Waals surface area contributed by atoms with Crippen LogP contribution in [0.15, 0.2) is 16.0 Å². The van der Waals surface area contributed by atoms with Crippen LogP contribution in [-0.4, -0.2) is 29.8 Å². The maximum absolute atomic E-state index is 11.8. The Kier molecular flexibility index (Phi) is 4.21. The van der Waals surface area contributed by atoms with E-state index in [0.29, 0.717) is 28.7 Å². The van der Waals surface area contributed by atoms with Crippen molar-refractivity contribution in [2.75, 3.05) is 18.9 Å². The molecule has 0 fully saturated rings. The highest BCUT2D eigenvalue weighted by molar-refractivity contribution is 7.14. The second-order valence-corrected chi connectivity index (χ2v) is 4.38. The van der Waals surface area contributed by atoms with E-state index in [1.54, 1.807) is 6.07 Å². The molecule has 0 atom stereocenters. The fourth-order valence-electron chi connectivity index (χ4n) is 1.30. The van der Waals surface area contributed by atoms with E-state index in [2.05, 4.69) is 10.1 Å². The quantitative estimate of drug-likeness (QED) is 0.818. The average molecular weight is 275 g/mol. The van der Waals surface area contributed by atoms with Crippen LogP contribution in [0.3, 0.4) is 0 Å². The Bertz CT molecular complexity index is 501. The molecule has 8 heteroatoms. The van der Waals surface area contributed by atoms with Gasteiger partial charge >= 0.3 is 0 Å². The molecule has 2 heterocycles. The standard InChI is InChI=1S/C10H11F2N3O2S/c11-7(12)5-16-3-1-8-14-10(17-15-8)6-2-4-18-9(6)13/h2,4,7H,1,3,5,13H2. The summed E-state index contributed by atoms with van der Waals surface area (Å²) < 4.78 is 33.4. The van der Waals surface area contributed by atoms with Crippen LogP contribution in [0.2, 0.25) is 0 Å². The van der Waals surface area contributed by atoms with E-state index < -0.39 is 13.0 Å². The van der Waals surface area contributed by atoms with E-state index in [1.165, 1.54) is 11.3 Å². The Morgan fingerprint density at radius 3 is 3.00 bits per heavy atom. The van der Waals surface area contributed by atoms with Crippen molar-refractivity contribution < 1.29 is 18.0 Å². The Hall–Kier alpha value is -1.54. The van der Waals surface area contributed by atoms with Gasteiger partial charge in [-0.1, -0.05) is 5.16 Å². The van der Waals surface area contributed by atoms with Gasteiger partial charge in [-0.15, -0.1) is 11.3 Å². The minimum Gasteiger partial charge on any atom is -0.390 e. The lowest BCUT2D eigenvalue weighted by Gasteiger charge is -1.99. The molecule has 0 radical (unpaired) electrons. The predicted octanol–water partition coefficient (Wildman–Crippen LogP) is 2.20. The number of alkyl halides is 2. The number of aromatic nitrogens is 2. The number of halogens is 2. The molecule has 18 heavy (non-hydrogen) atoms. The van der Waals surface area contributed by atoms with Gasteiger partial charge in [0.05, 0.1) is 17.2 Å². The van der Waals surface area contributed by atoms with E-state index in [1.807, 2.05) is 5.38 Å². The van der Waals surface area contributed by atoms with E-state index in [0.717, 1.165) is 0 Å². The van der Waals surface area contributed by atoms with Crippen LogP contribution >= 0.6 is 11.3 Å². The van der Waals surface area contributed by atoms with Crippen molar-refractivity contribution in [3.05, 3.63) is 17.3 Å². The van der Waals surface area contributed by atoms with E-state index in [9.17, 15) is 8.78 Å². The zero-order valence-corrected chi connectivity index (χ0v) is 10.1. The number of nitrogen functional groups attached to an aromatic ring is 1. The lowest BCUT2D eigenvalue weighted by Crippen LogP contribution is -2.07. The van der Waals surface area contributed by atoms with Gasteiger partial charge in [0.1, 0.15) is 6.61 Å². The molecular formula is C10H11F2N3O2S. The van der Waals surface area contributed by atoms with Crippen LogP contribution in [0.1, 0.15) is 5.82 Å². The number of hydrogen-bond acceptors (Lipinski definition) is 6. The van der Waals surface area contributed by atoms with Gasteiger partial charge in [0, 0.05) is 6.42 Å². The van der Waals surface area contributed by atoms with Crippen LogP contribution in [-0.2, 0) is 11.2 Å². The molecule has 0 aliphatic carbocycles. The number of ether oxygens (including phenoxy) is 1. The minimum atomic E-state index is -2.46. The molecular weight excluding hydrogens is 264 g/mol. The van der Waals surface area contributed by atoms with Crippen molar-refractivity contribution in [3.8, 4) is 11.5 Å². The van der Waals surface area contributed by atoms with Crippen LogP contribution in [0.25, 0.3) is 11.5 Å². The number of anilines is 1. The van der Waals surface area contributed by atoms with Crippen molar-refractivity contribution in [2.24, 2.45) is 0 Å². The van der Waals surface area contributed by atoms with E-state index in [4.69, 9.17) is 15.0 Å². The van der Waals surface area contributed by atoms with Gasteiger partial charge in [-0.3, -0.25) is 0 Å². The molecule has 2 aromatic heterocycles. The van der Waals surface area contributed by atoms with Crippen LogP contribution in [0.4, 0.5) is 13.8 Å². The molecule has 0 saturated heterocycles. The molecule has 0 saturated carbocycles. The summed E-state index contributed by atoms with van der Waals surface area (Å²) in [6.07, 6.45) is -2.14. The smallest absolute Gasteiger partial charge is 0.261 e. The van der Waals surface area contributed by atoms with Gasteiger partial charge in [0.25, 0.3) is 12.3 Å². The van der Waals surface area contributed by atoms with Gasteiger partial charge in [0.15, 0.2) is 5.82 Å². The Balaban J connectivity index is 1.89. The van der Waals surface area contributed by atoms with Gasteiger partial charge in [-0.25, -0.2) is 8.78 Å². The highest BCUT2D eigenvalue weighted by Crippen LogP contribution is 2.28. The highest BCUT2D eigenvalue weighted by Gasteiger charge is 2.12. The summed E-state index contributed by atoms with van der Waals surface area (Å²) in [5.41, 5.74) is 6.41. The molecule has 0 aromatic carbocycles. The fraction of sp³-hybridized carbons (Fsp3) is 0.400. The number of thiophene rings is 1. The van der Waals surface area contributed by atoms with Crippen LogP contribution in [0, 0.1) is 0 Å². The molecule has 2 aromatic rings. The van der Waals surface area contributed by atoms with Crippen molar-refractivity contribution in [1.29, 1.82) is 0 Å². The summed E-state index contributed by atoms with van der Waals surface area (Å²) in [5.74, 6) is 0.738. The third-order valence-corrected chi connectivity index (χ3v) is 2.85. The summed E-state index contributed by atoms with van der Waals surface area (Å²) in [7, 11) is 0. The van der Waals surface area contributed by atoms with Gasteiger partial charge in [-0.05, 0) is 11.4 Å². The van der Waals surface area contributed by atoms with Gasteiger partial charge in [-0.2, -0.15) is 4.98 Å². The minimum absolute atomic E-state index is 0.127. The SMILES string of the molecule is Nc1sccc1-c1nc(CCOCC(F)F)no1. The highest BCUT2D eigenvalue weighted by atomic mass is 32.1. The molecule has 0 spiro atoms. The van der Waals surface area contributed by atoms with Crippen LogP contribution < -0.4 is 5.73 Å². The Labute approximate surface area is 106 Å². The topological polar surface area (TPSA) is 74.2 Å². The maximum atomic E-state index is 11.8. The summed E-state index contributed by atoms with van der Waals surface area (Å²) in [6, 6.07) is 1.78. The second kappa shape index (κ2) is 5.87. The molecule has 5 nitrogen and oxygen atoms in total. The number of nitrogens with two attached hydrogens (primary N) is 1. The van der Waals surface area contributed by atoms with Crippen molar-refractivity contribution >= 4 is 16.3 Å². The zero-order chi connectivity index (χ0) is 13.0. The third-order valence-electron chi connectivity index (χ3n) is 2.11. The molecule has 0 aliphatic rings. The number of rotatable bonds is 6. The average Bonchev–Trinajstić information content (AvgIpc) is 2.92. The fourth-order valence-corrected chi connectivity index (χ4v) is 1.93. The molecule has 0 aliphatic heterocycles. The summed E-state index contributed by atoms with van der Waals surface area (Å²) in [4.78, 5) is 4.11. The summed E-state index contributed by atoms with van der Waals surface area (Å²) >= 11 is 1.38. The monoisotopic (exact) mass is 275 g/mol. The number of hydrogen-bond donors (Lipinski definition) is 1. The van der Waals surface area contributed by atoms with Crippen molar-refractivity contribution in [1.82, 2.24) is 10.1 Å². The first-order valence-corrected chi connectivity index (χ1v) is 6.06.